The van der Waals surface area contributed by atoms with Gasteiger partial charge < -0.3 is 15.0 Å². The zero-order valence-electron chi connectivity index (χ0n) is 12.7. The van der Waals surface area contributed by atoms with E-state index < -0.39 is 0 Å². The highest BCUT2D eigenvalue weighted by Crippen LogP contribution is 2.32. The van der Waals surface area contributed by atoms with Gasteiger partial charge in [-0.25, -0.2) is 0 Å². The van der Waals surface area contributed by atoms with Gasteiger partial charge in [0.25, 0.3) is 0 Å². The third kappa shape index (κ3) is 4.20. The number of hydrogen-bond acceptors (Lipinski definition) is 3. The van der Waals surface area contributed by atoms with E-state index in [4.69, 9.17) is 4.74 Å². The second kappa shape index (κ2) is 7.80. The van der Waals surface area contributed by atoms with E-state index in [1.165, 1.54) is 5.56 Å². The van der Waals surface area contributed by atoms with Crippen LogP contribution in [0.4, 0.5) is 0 Å². The Hall–Kier alpha value is -1.07. The fraction of sp³-hybridized carbons (Fsp3) is 0.562. The maximum absolute atomic E-state index is 11.9. The van der Waals surface area contributed by atoms with Gasteiger partial charge in [-0.3, -0.25) is 4.79 Å². The van der Waals surface area contributed by atoms with Gasteiger partial charge in [0.05, 0.1) is 6.61 Å². The molecule has 0 radical (unpaired) electrons. The number of amides is 1. The lowest BCUT2D eigenvalue weighted by Gasteiger charge is -2.18. The molecule has 116 valence electrons. The highest BCUT2D eigenvalue weighted by molar-refractivity contribution is 9.10. The Kier molecular flexibility index (Phi) is 6.06. The first-order valence-electron chi connectivity index (χ1n) is 7.58. The molecule has 21 heavy (non-hydrogen) atoms. The van der Waals surface area contributed by atoms with Crippen LogP contribution in [0.2, 0.25) is 0 Å². The Morgan fingerprint density at radius 1 is 1.38 bits per heavy atom. The molecule has 1 N–H and O–H groups in total. The monoisotopic (exact) mass is 354 g/mol. The van der Waals surface area contributed by atoms with Crippen LogP contribution in [0.3, 0.4) is 0 Å². The molecule has 0 atom stereocenters. The van der Waals surface area contributed by atoms with Crippen molar-refractivity contribution in [3.8, 4) is 5.75 Å². The molecule has 4 nitrogen and oxygen atoms in total. The molecule has 0 fully saturated rings. The zero-order valence-corrected chi connectivity index (χ0v) is 14.3. The van der Waals surface area contributed by atoms with E-state index in [0.29, 0.717) is 13.0 Å². The highest BCUT2D eigenvalue weighted by Gasteiger charge is 2.17. The Morgan fingerprint density at radius 3 is 2.86 bits per heavy atom. The molecule has 0 unspecified atom stereocenters. The van der Waals surface area contributed by atoms with E-state index in [0.717, 1.165) is 48.4 Å². The lowest BCUT2D eigenvalue weighted by atomic mass is 10.1. The first kappa shape index (κ1) is 16.3. The molecule has 5 heteroatoms. The van der Waals surface area contributed by atoms with Gasteiger partial charge in [-0.1, -0.05) is 15.9 Å². The van der Waals surface area contributed by atoms with Gasteiger partial charge in [0.15, 0.2) is 0 Å². The van der Waals surface area contributed by atoms with Gasteiger partial charge >= 0.3 is 0 Å². The maximum Gasteiger partial charge on any atom is 0.223 e. The van der Waals surface area contributed by atoms with Crippen molar-refractivity contribution in [3.63, 3.8) is 0 Å². The summed E-state index contributed by atoms with van der Waals surface area (Å²) in [7, 11) is 0. The molecule has 1 amide bonds. The van der Waals surface area contributed by atoms with Gasteiger partial charge in [0.1, 0.15) is 5.75 Å². The molecule has 2 rings (SSSR count). The van der Waals surface area contributed by atoms with Crippen molar-refractivity contribution in [2.45, 2.75) is 33.2 Å². The molecule has 1 aliphatic rings. The predicted molar refractivity (Wildman–Crippen MR) is 87.6 cm³/mol. The summed E-state index contributed by atoms with van der Waals surface area (Å²) in [6.07, 6.45) is 1.51. The van der Waals surface area contributed by atoms with Gasteiger partial charge in [0, 0.05) is 49.1 Å². The van der Waals surface area contributed by atoms with E-state index in [9.17, 15) is 4.79 Å². The summed E-state index contributed by atoms with van der Waals surface area (Å²) in [5.74, 6) is 1.23. The zero-order chi connectivity index (χ0) is 15.2. The van der Waals surface area contributed by atoms with Gasteiger partial charge in [-0.15, -0.1) is 0 Å². The lowest BCUT2D eigenvalue weighted by molar-refractivity contribution is -0.130. The topological polar surface area (TPSA) is 41.6 Å². The van der Waals surface area contributed by atoms with Gasteiger partial charge in [-0.05, 0) is 31.5 Å². The summed E-state index contributed by atoms with van der Waals surface area (Å²) in [5, 5.41) is 3.34. The molecule has 1 aromatic carbocycles. The van der Waals surface area contributed by atoms with Crippen LogP contribution in [0.25, 0.3) is 0 Å². The molecule has 1 aliphatic heterocycles. The normalized spacial score (nSPS) is 12.9. The average molecular weight is 355 g/mol. The maximum atomic E-state index is 11.9. The number of carbonyl (C=O) groups is 1. The standard InChI is InChI=1S/C16H23BrN2O2/c1-3-19(4-2)15(20)5-7-18-11-13-10-14(17)9-12-6-8-21-16(12)13/h9-10,18H,3-8,11H2,1-2H3. The van der Waals surface area contributed by atoms with Gasteiger partial charge in [-0.2, -0.15) is 0 Å². The van der Waals surface area contributed by atoms with Crippen LogP contribution in [0.5, 0.6) is 5.75 Å². The fourth-order valence-corrected chi connectivity index (χ4v) is 3.18. The first-order valence-corrected chi connectivity index (χ1v) is 8.37. The van der Waals surface area contributed by atoms with Crippen LogP contribution >= 0.6 is 15.9 Å². The summed E-state index contributed by atoms with van der Waals surface area (Å²) in [6, 6.07) is 4.21. The summed E-state index contributed by atoms with van der Waals surface area (Å²) in [6.45, 7) is 7.77. The van der Waals surface area contributed by atoms with Crippen LogP contribution in [0.1, 0.15) is 31.4 Å². The van der Waals surface area contributed by atoms with E-state index in [2.05, 4.69) is 33.4 Å². The predicted octanol–water partition coefficient (Wildman–Crippen LogP) is 2.73. The van der Waals surface area contributed by atoms with Crippen molar-refractivity contribution in [3.05, 3.63) is 27.7 Å². The number of carbonyl (C=O) groups excluding carboxylic acids is 1. The molecule has 0 saturated heterocycles. The lowest BCUT2D eigenvalue weighted by Crippen LogP contribution is -2.32. The number of ether oxygens (including phenoxy) is 1. The van der Waals surface area contributed by atoms with Crippen LogP contribution in [0, 0.1) is 0 Å². The van der Waals surface area contributed by atoms with Crippen molar-refractivity contribution in [1.29, 1.82) is 0 Å². The number of benzene rings is 1. The third-order valence-electron chi connectivity index (χ3n) is 3.77. The van der Waals surface area contributed by atoms with Crippen molar-refractivity contribution in [2.75, 3.05) is 26.2 Å². The number of rotatable bonds is 7. The Balaban J connectivity index is 1.83. The number of hydrogen-bond donors (Lipinski definition) is 1. The third-order valence-corrected chi connectivity index (χ3v) is 4.23. The molecule has 0 bridgehead atoms. The Bertz CT molecular complexity index is 501. The van der Waals surface area contributed by atoms with Crippen LogP contribution in [0.15, 0.2) is 16.6 Å². The van der Waals surface area contributed by atoms with Crippen molar-refractivity contribution >= 4 is 21.8 Å². The largest absolute Gasteiger partial charge is 0.493 e. The summed E-state index contributed by atoms with van der Waals surface area (Å²) >= 11 is 3.54. The molecule has 0 saturated carbocycles. The van der Waals surface area contributed by atoms with E-state index in [1.54, 1.807) is 0 Å². The highest BCUT2D eigenvalue weighted by atomic mass is 79.9. The summed E-state index contributed by atoms with van der Waals surface area (Å²) in [5.41, 5.74) is 2.42. The molecule has 0 spiro atoms. The Morgan fingerprint density at radius 2 is 2.14 bits per heavy atom. The molecular formula is C16H23BrN2O2. The number of nitrogens with zero attached hydrogens (tertiary/aromatic N) is 1. The van der Waals surface area contributed by atoms with Crippen molar-refractivity contribution in [1.82, 2.24) is 10.2 Å². The number of nitrogens with one attached hydrogen (secondary N) is 1. The fourth-order valence-electron chi connectivity index (χ4n) is 2.63. The van der Waals surface area contributed by atoms with E-state index in [-0.39, 0.29) is 5.91 Å². The van der Waals surface area contributed by atoms with Crippen LogP contribution < -0.4 is 10.1 Å². The molecular weight excluding hydrogens is 332 g/mol. The SMILES string of the molecule is CCN(CC)C(=O)CCNCc1cc(Br)cc2c1OCC2. The van der Waals surface area contributed by atoms with Crippen LogP contribution in [-0.4, -0.2) is 37.0 Å². The first-order chi connectivity index (χ1) is 10.2. The second-order valence-electron chi connectivity index (χ2n) is 5.14. The minimum absolute atomic E-state index is 0.211. The quantitative estimate of drug-likeness (QED) is 0.765. The Labute approximate surface area is 135 Å². The molecule has 1 aromatic rings. The molecule has 0 aromatic heterocycles. The molecule has 1 heterocycles. The van der Waals surface area contributed by atoms with E-state index in [1.807, 2.05) is 18.7 Å². The second-order valence-corrected chi connectivity index (χ2v) is 6.06. The minimum Gasteiger partial charge on any atom is -0.493 e. The average Bonchev–Trinajstić information content (AvgIpc) is 2.92. The van der Waals surface area contributed by atoms with Crippen molar-refractivity contribution in [2.24, 2.45) is 0 Å². The van der Waals surface area contributed by atoms with Crippen molar-refractivity contribution < 1.29 is 9.53 Å². The van der Waals surface area contributed by atoms with Gasteiger partial charge in [0.2, 0.25) is 5.91 Å². The summed E-state index contributed by atoms with van der Waals surface area (Å²) < 4.78 is 6.79. The molecule has 0 aliphatic carbocycles. The minimum atomic E-state index is 0.211. The number of fused-ring (bicyclic) bond motifs is 1. The van der Waals surface area contributed by atoms with E-state index >= 15 is 0 Å². The number of halogens is 1. The smallest absolute Gasteiger partial charge is 0.223 e. The van der Waals surface area contributed by atoms with Crippen LogP contribution in [-0.2, 0) is 17.8 Å². The summed E-state index contributed by atoms with van der Waals surface area (Å²) in [4.78, 5) is 13.8.